The molecule has 78 valence electrons. The van der Waals surface area contributed by atoms with Crippen LogP contribution in [0.3, 0.4) is 0 Å². The fourth-order valence-electron chi connectivity index (χ4n) is 1.20. The van der Waals surface area contributed by atoms with Gasteiger partial charge in [-0.1, -0.05) is 6.92 Å². The average Bonchev–Trinajstić information content (AvgIpc) is 2.63. The van der Waals surface area contributed by atoms with Gasteiger partial charge in [-0.2, -0.15) is 9.78 Å². The third kappa shape index (κ3) is 1.94. The molecular weight excluding hydrogens is 210 g/mol. The van der Waals surface area contributed by atoms with Gasteiger partial charge in [-0.25, -0.2) is 9.97 Å². The van der Waals surface area contributed by atoms with E-state index in [2.05, 4.69) is 22.0 Å². The van der Waals surface area contributed by atoms with Crippen LogP contribution in [-0.4, -0.2) is 25.5 Å². The quantitative estimate of drug-likeness (QED) is 0.792. The van der Waals surface area contributed by atoms with E-state index in [-0.39, 0.29) is 0 Å². The predicted octanol–water partition coefficient (Wildman–Crippen LogP) is 1.36. The number of hydrogen-bond acceptors (Lipinski definition) is 5. The average molecular weight is 221 g/mol. The van der Waals surface area contributed by atoms with Crippen LogP contribution >= 0.6 is 11.8 Å². The molecule has 15 heavy (non-hydrogen) atoms. The molecule has 0 saturated carbocycles. The number of aromatic nitrogens is 4. The zero-order valence-corrected chi connectivity index (χ0v) is 9.11. The zero-order chi connectivity index (χ0) is 10.7. The molecule has 5 nitrogen and oxygen atoms in total. The highest BCUT2D eigenvalue weighted by Gasteiger charge is 2.08. The minimum Gasteiger partial charge on any atom is -0.383 e. The Morgan fingerprint density at radius 1 is 1.53 bits per heavy atom. The number of thioether (sulfide) groups is 1. The van der Waals surface area contributed by atoms with Crippen LogP contribution in [0.5, 0.6) is 0 Å². The van der Waals surface area contributed by atoms with Crippen LogP contribution in [0.2, 0.25) is 0 Å². The Labute approximate surface area is 91.7 Å². The van der Waals surface area contributed by atoms with Crippen LogP contribution < -0.4 is 5.73 Å². The second kappa shape index (κ2) is 4.31. The Morgan fingerprint density at radius 2 is 2.40 bits per heavy atom. The maximum absolute atomic E-state index is 5.94. The molecule has 0 fully saturated rings. The molecule has 0 aliphatic rings. The zero-order valence-electron chi connectivity index (χ0n) is 8.29. The largest absolute Gasteiger partial charge is 0.383 e. The molecule has 0 saturated heterocycles. The Bertz CT molecular complexity index is 439. The van der Waals surface area contributed by atoms with Gasteiger partial charge in [-0.15, -0.1) is 11.8 Å². The summed E-state index contributed by atoms with van der Waals surface area (Å²) in [6.45, 7) is 2.08. The fourth-order valence-corrected chi connectivity index (χ4v) is 1.87. The third-order valence-corrected chi connectivity index (χ3v) is 2.77. The Hall–Kier alpha value is -1.56. The molecule has 0 aliphatic heterocycles. The van der Waals surface area contributed by atoms with Gasteiger partial charge in [0, 0.05) is 12.3 Å². The first kappa shape index (κ1) is 9.97. The summed E-state index contributed by atoms with van der Waals surface area (Å²) in [7, 11) is 0. The number of nitrogens with zero attached hydrogens (tertiary/aromatic N) is 4. The standard InChI is InChI=1S/C9H11N5S/c1-2-15-7-5-13-14(9(7)10)8-3-4-11-6-12-8/h3-6H,2,10H2,1H3. The van der Waals surface area contributed by atoms with Crippen LogP contribution in [0.25, 0.3) is 5.82 Å². The summed E-state index contributed by atoms with van der Waals surface area (Å²) in [4.78, 5) is 8.91. The van der Waals surface area contributed by atoms with Gasteiger partial charge in [0.05, 0.1) is 11.1 Å². The van der Waals surface area contributed by atoms with Crippen molar-refractivity contribution >= 4 is 17.6 Å². The van der Waals surface area contributed by atoms with Crippen molar-refractivity contribution < 1.29 is 0 Å². The second-order valence-corrected chi connectivity index (χ2v) is 4.11. The van der Waals surface area contributed by atoms with E-state index in [0.717, 1.165) is 10.6 Å². The molecule has 0 aliphatic carbocycles. The highest BCUT2D eigenvalue weighted by molar-refractivity contribution is 7.99. The summed E-state index contributed by atoms with van der Waals surface area (Å²) in [5.41, 5.74) is 5.94. The summed E-state index contributed by atoms with van der Waals surface area (Å²) in [6, 6.07) is 1.77. The minimum atomic E-state index is 0.626. The van der Waals surface area contributed by atoms with Gasteiger partial charge in [0.1, 0.15) is 12.1 Å². The Morgan fingerprint density at radius 3 is 3.07 bits per heavy atom. The topological polar surface area (TPSA) is 69.6 Å². The molecule has 2 aromatic heterocycles. The molecule has 2 N–H and O–H groups in total. The maximum atomic E-state index is 5.94. The summed E-state index contributed by atoms with van der Waals surface area (Å²) >= 11 is 1.67. The molecule has 0 aromatic carbocycles. The second-order valence-electron chi connectivity index (χ2n) is 2.81. The van der Waals surface area contributed by atoms with Crippen LogP contribution in [0.15, 0.2) is 29.7 Å². The lowest BCUT2D eigenvalue weighted by Gasteiger charge is -2.02. The van der Waals surface area contributed by atoms with Crippen molar-refractivity contribution in [3.63, 3.8) is 0 Å². The molecular formula is C9H11N5S. The number of anilines is 1. The van der Waals surface area contributed by atoms with Crippen molar-refractivity contribution in [2.75, 3.05) is 11.5 Å². The van der Waals surface area contributed by atoms with Crippen molar-refractivity contribution in [1.29, 1.82) is 0 Å². The third-order valence-electron chi connectivity index (χ3n) is 1.85. The first-order chi connectivity index (χ1) is 7.33. The lowest BCUT2D eigenvalue weighted by Crippen LogP contribution is -2.04. The normalized spacial score (nSPS) is 10.5. The van der Waals surface area contributed by atoms with Gasteiger partial charge in [-0.05, 0) is 5.75 Å². The smallest absolute Gasteiger partial charge is 0.159 e. The van der Waals surface area contributed by atoms with Crippen LogP contribution in [0, 0.1) is 0 Å². The van der Waals surface area contributed by atoms with E-state index in [0.29, 0.717) is 11.6 Å². The summed E-state index contributed by atoms with van der Waals surface area (Å²) in [6.07, 6.45) is 4.89. The van der Waals surface area contributed by atoms with Gasteiger partial charge in [-0.3, -0.25) is 0 Å². The molecule has 0 atom stereocenters. The number of hydrogen-bond donors (Lipinski definition) is 1. The molecule has 2 rings (SSSR count). The van der Waals surface area contributed by atoms with Crippen molar-refractivity contribution in [2.45, 2.75) is 11.8 Å². The molecule has 0 unspecified atom stereocenters. The monoisotopic (exact) mass is 221 g/mol. The Kier molecular flexibility index (Phi) is 2.86. The van der Waals surface area contributed by atoms with Gasteiger partial charge in [0.2, 0.25) is 0 Å². The maximum Gasteiger partial charge on any atom is 0.159 e. The number of rotatable bonds is 3. The van der Waals surface area contributed by atoms with E-state index in [9.17, 15) is 0 Å². The SMILES string of the molecule is CCSc1cnn(-c2ccncn2)c1N. The van der Waals surface area contributed by atoms with E-state index in [1.54, 1.807) is 34.9 Å². The molecule has 0 radical (unpaired) electrons. The minimum absolute atomic E-state index is 0.626. The highest BCUT2D eigenvalue weighted by atomic mass is 32.2. The molecule has 2 aromatic rings. The van der Waals surface area contributed by atoms with Gasteiger partial charge >= 0.3 is 0 Å². The van der Waals surface area contributed by atoms with E-state index >= 15 is 0 Å². The van der Waals surface area contributed by atoms with E-state index in [1.165, 1.54) is 6.33 Å². The lowest BCUT2D eigenvalue weighted by molar-refractivity contribution is 0.849. The number of nitrogen functional groups attached to an aromatic ring is 1. The van der Waals surface area contributed by atoms with Crippen molar-refractivity contribution in [1.82, 2.24) is 19.7 Å². The van der Waals surface area contributed by atoms with Crippen molar-refractivity contribution in [3.05, 3.63) is 24.8 Å². The predicted molar refractivity (Wildman–Crippen MR) is 60.0 cm³/mol. The Balaban J connectivity index is 2.38. The lowest BCUT2D eigenvalue weighted by atomic mass is 10.5. The van der Waals surface area contributed by atoms with Crippen LogP contribution in [0.1, 0.15) is 6.92 Å². The molecule has 0 bridgehead atoms. The summed E-state index contributed by atoms with van der Waals surface area (Å²) in [5, 5.41) is 4.19. The van der Waals surface area contributed by atoms with E-state index < -0.39 is 0 Å². The first-order valence-corrected chi connectivity index (χ1v) is 5.54. The summed E-state index contributed by atoms with van der Waals surface area (Å²) in [5.74, 6) is 2.28. The number of nitrogens with two attached hydrogens (primary N) is 1. The van der Waals surface area contributed by atoms with Crippen LogP contribution in [0.4, 0.5) is 5.82 Å². The molecule has 0 amide bonds. The summed E-state index contributed by atoms with van der Waals surface area (Å²) < 4.78 is 1.61. The van der Waals surface area contributed by atoms with E-state index in [4.69, 9.17) is 5.73 Å². The van der Waals surface area contributed by atoms with Gasteiger partial charge in [0.15, 0.2) is 5.82 Å². The van der Waals surface area contributed by atoms with Crippen molar-refractivity contribution in [3.8, 4) is 5.82 Å². The van der Waals surface area contributed by atoms with E-state index in [1.807, 2.05) is 0 Å². The molecule has 2 heterocycles. The van der Waals surface area contributed by atoms with Crippen molar-refractivity contribution in [2.24, 2.45) is 0 Å². The van der Waals surface area contributed by atoms with Crippen LogP contribution in [-0.2, 0) is 0 Å². The van der Waals surface area contributed by atoms with Gasteiger partial charge < -0.3 is 5.73 Å². The first-order valence-electron chi connectivity index (χ1n) is 4.55. The van der Waals surface area contributed by atoms with Gasteiger partial charge in [0.25, 0.3) is 0 Å². The fraction of sp³-hybridized carbons (Fsp3) is 0.222. The molecule has 0 spiro atoms. The highest BCUT2D eigenvalue weighted by Crippen LogP contribution is 2.25. The molecule has 6 heteroatoms.